The first-order valence-electron chi connectivity index (χ1n) is 6.16. The average molecular weight is 245 g/mol. The molecule has 1 aliphatic rings. The maximum Gasteiger partial charge on any atom is 0.270 e. The van der Waals surface area contributed by atoms with Crippen LogP contribution in [0.25, 0.3) is 0 Å². The molecular formula is C12H15N5O. The van der Waals surface area contributed by atoms with E-state index in [1.165, 1.54) is 6.33 Å². The van der Waals surface area contributed by atoms with Gasteiger partial charge in [0.1, 0.15) is 17.8 Å². The molecule has 2 N–H and O–H groups in total. The van der Waals surface area contributed by atoms with E-state index in [4.69, 9.17) is 0 Å². The Morgan fingerprint density at radius 1 is 1.44 bits per heavy atom. The van der Waals surface area contributed by atoms with E-state index in [0.717, 1.165) is 31.6 Å². The maximum atomic E-state index is 12.4. The Morgan fingerprint density at radius 2 is 2.39 bits per heavy atom. The second kappa shape index (κ2) is 4.64. The van der Waals surface area contributed by atoms with Crippen LogP contribution in [0.5, 0.6) is 0 Å². The van der Waals surface area contributed by atoms with Crippen molar-refractivity contribution in [2.45, 2.75) is 25.3 Å². The molecule has 18 heavy (non-hydrogen) atoms. The first-order valence-corrected chi connectivity index (χ1v) is 6.16. The third-order valence-electron chi connectivity index (χ3n) is 3.34. The van der Waals surface area contributed by atoms with Crippen LogP contribution < -0.4 is 0 Å². The number of carbonyl (C=O) groups excluding carboxylic acids is 1. The third-order valence-corrected chi connectivity index (χ3v) is 3.34. The van der Waals surface area contributed by atoms with Crippen LogP contribution in [0.3, 0.4) is 0 Å². The Balaban J connectivity index is 1.86. The van der Waals surface area contributed by atoms with Crippen molar-refractivity contribution in [3.63, 3.8) is 0 Å². The van der Waals surface area contributed by atoms with Crippen molar-refractivity contribution in [2.24, 2.45) is 0 Å². The van der Waals surface area contributed by atoms with Gasteiger partial charge < -0.3 is 9.88 Å². The number of rotatable bonds is 2. The Hall–Kier alpha value is -2.11. The molecule has 1 atom stereocenters. The van der Waals surface area contributed by atoms with Crippen LogP contribution in [0.4, 0.5) is 0 Å². The van der Waals surface area contributed by atoms with Gasteiger partial charge in [0.25, 0.3) is 5.91 Å². The van der Waals surface area contributed by atoms with Crippen molar-refractivity contribution >= 4 is 5.91 Å². The second-order valence-electron chi connectivity index (χ2n) is 4.46. The molecule has 1 aliphatic heterocycles. The SMILES string of the molecule is O=C(c1ccc[nH]1)N1CCCC[C@@H]1c1ncn[nH]1. The summed E-state index contributed by atoms with van der Waals surface area (Å²) in [6, 6.07) is 3.65. The Labute approximate surface area is 104 Å². The molecule has 0 bridgehead atoms. The van der Waals surface area contributed by atoms with Crippen LogP contribution in [0.15, 0.2) is 24.7 Å². The minimum absolute atomic E-state index is 0.0112. The summed E-state index contributed by atoms with van der Waals surface area (Å²) in [5, 5.41) is 6.74. The fourth-order valence-corrected chi connectivity index (χ4v) is 2.45. The molecule has 3 heterocycles. The molecule has 0 spiro atoms. The zero-order valence-electron chi connectivity index (χ0n) is 9.97. The van der Waals surface area contributed by atoms with Crippen LogP contribution in [-0.2, 0) is 0 Å². The summed E-state index contributed by atoms with van der Waals surface area (Å²) in [6.45, 7) is 0.767. The summed E-state index contributed by atoms with van der Waals surface area (Å²) in [4.78, 5) is 21.4. The standard InChI is InChI=1S/C12H15N5O/c18-12(9-4-3-6-13-9)17-7-2-1-5-10(17)11-14-8-15-16-11/h3-4,6,8,10,13H,1-2,5,7H2,(H,14,15,16)/t10-/m1/s1. The molecular weight excluding hydrogens is 230 g/mol. The second-order valence-corrected chi connectivity index (χ2v) is 4.46. The van der Waals surface area contributed by atoms with Crippen molar-refractivity contribution in [3.8, 4) is 0 Å². The molecule has 0 aromatic carbocycles. The van der Waals surface area contributed by atoms with E-state index in [1.54, 1.807) is 12.3 Å². The number of amides is 1. The number of aromatic amines is 2. The molecule has 0 unspecified atom stereocenters. The lowest BCUT2D eigenvalue weighted by Gasteiger charge is -2.34. The van der Waals surface area contributed by atoms with Gasteiger partial charge in [-0.3, -0.25) is 9.89 Å². The summed E-state index contributed by atoms with van der Waals surface area (Å²) in [7, 11) is 0. The highest BCUT2D eigenvalue weighted by Gasteiger charge is 2.30. The third kappa shape index (κ3) is 1.90. The highest BCUT2D eigenvalue weighted by molar-refractivity contribution is 5.92. The summed E-state index contributed by atoms with van der Waals surface area (Å²) >= 11 is 0. The smallest absolute Gasteiger partial charge is 0.270 e. The zero-order chi connectivity index (χ0) is 12.4. The van der Waals surface area contributed by atoms with Crippen LogP contribution in [0, 0.1) is 0 Å². The van der Waals surface area contributed by atoms with Crippen LogP contribution in [0.2, 0.25) is 0 Å². The fraction of sp³-hybridized carbons (Fsp3) is 0.417. The number of piperidine rings is 1. The molecule has 1 amide bonds. The van der Waals surface area contributed by atoms with Crippen molar-refractivity contribution in [3.05, 3.63) is 36.2 Å². The normalized spacial score (nSPS) is 20.0. The number of H-pyrrole nitrogens is 2. The van der Waals surface area contributed by atoms with E-state index in [9.17, 15) is 4.79 Å². The predicted molar refractivity (Wildman–Crippen MR) is 64.8 cm³/mol. The predicted octanol–water partition coefficient (Wildman–Crippen LogP) is 1.50. The zero-order valence-corrected chi connectivity index (χ0v) is 9.97. The summed E-state index contributed by atoms with van der Waals surface area (Å²) in [5.74, 6) is 0.802. The largest absolute Gasteiger partial charge is 0.357 e. The number of nitrogens with one attached hydrogen (secondary N) is 2. The molecule has 0 saturated carbocycles. The Kier molecular flexibility index (Phi) is 2.84. The highest BCUT2D eigenvalue weighted by atomic mass is 16.2. The van der Waals surface area contributed by atoms with Gasteiger partial charge in [-0.25, -0.2) is 4.98 Å². The van der Waals surface area contributed by atoms with Crippen LogP contribution in [0.1, 0.15) is 41.6 Å². The van der Waals surface area contributed by atoms with E-state index in [0.29, 0.717) is 5.69 Å². The van der Waals surface area contributed by atoms with E-state index < -0.39 is 0 Å². The quantitative estimate of drug-likeness (QED) is 0.841. The van der Waals surface area contributed by atoms with Gasteiger partial charge >= 0.3 is 0 Å². The van der Waals surface area contributed by atoms with Gasteiger partial charge in [-0.2, -0.15) is 5.10 Å². The molecule has 2 aromatic rings. The topological polar surface area (TPSA) is 77.7 Å². The molecule has 1 saturated heterocycles. The average Bonchev–Trinajstić information content (AvgIpc) is 3.11. The van der Waals surface area contributed by atoms with Crippen molar-refractivity contribution in [1.29, 1.82) is 0 Å². The number of hydrogen-bond acceptors (Lipinski definition) is 3. The molecule has 1 fully saturated rings. The molecule has 3 rings (SSSR count). The van der Waals surface area contributed by atoms with Crippen LogP contribution in [-0.4, -0.2) is 37.5 Å². The first kappa shape index (κ1) is 11.0. The van der Waals surface area contributed by atoms with Crippen LogP contribution >= 0.6 is 0 Å². The maximum absolute atomic E-state index is 12.4. The summed E-state index contributed by atoms with van der Waals surface area (Å²) in [5.41, 5.74) is 0.626. The lowest BCUT2D eigenvalue weighted by molar-refractivity contribution is 0.0595. The van der Waals surface area contributed by atoms with Gasteiger partial charge in [-0.15, -0.1) is 0 Å². The minimum Gasteiger partial charge on any atom is -0.357 e. The molecule has 6 heteroatoms. The van der Waals surface area contributed by atoms with Gasteiger partial charge in [0.2, 0.25) is 0 Å². The molecule has 94 valence electrons. The van der Waals surface area contributed by atoms with Crippen molar-refractivity contribution < 1.29 is 4.79 Å². The molecule has 2 aromatic heterocycles. The fourth-order valence-electron chi connectivity index (χ4n) is 2.45. The Bertz CT molecular complexity index is 505. The lowest BCUT2D eigenvalue weighted by atomic mass is 10.0. The number of likely N-dealkylation sites (tertiary alicyclic amines) is 1. The molecule has 0 radical (unpaired) electrons. The summed E-state index contributed by atoms with van der Waals surface area (Å²) < 4.78 is 0. The first-order chi connectivity index (χ1) is 8.86. The molecule has 0 aliphatic carbocycles. The van der Waals surface area contributed by atoms with Gasteiger partial charge in [-0.05, 0) is 31.4 Å². The molecule has 6 nitrogen and oxygen atoms in total. The monoisotopic (exact) mass is 245 g/mol. The van der Waals surface area contributed by atoms with Crippen molar-refractivity contribution in [1.82, 2.24) is 25.1 Å². The van der Waals surface area contributed by atoms with E-state index in [1.807, 2.05) is 11.0 Å². The lowest BCUT2D eigenvalue weighted by Crippen LogP contribution is -2.39. The van der Waals surface area contributed by atoms with E-state index in [-0.39, 0.29) is 11.9 Å². The van der Waals surface area contributed by atoms with Gasteiger partial charge in [-0.1, -0.05) is 0 Å². The van der Waals surface area contributed by atoms with E-state index in [2.05, 4.69) is 20.2 Å². The van der Waals surface area contributed by atoms with Gasteiger partial charge in [0.15, 0.2) is 0 Å². The van der Waals surface area contributed by atoms with Gasteiger partial charge in [0.05, 0.1) is 6.04 Å². The Morgan fingerprint density at radius 3 is 3.11 bits per heavy atom. The number of carbonyl (C=O) groups is 1. The van der Waals surface area contributed by atoms with Crippen molar-refractivity contribution in [2.75, 3.05) is 6.54 Å². The number of nitrogens with zero attached hydrogens (tertiary/aromatic N) is 3. The number of aromatic nitrogens is 4. The van der Waals surface area contributed by atoms with E-state index >= 15 is 0 Å². The minimum atomic E-state index is 0.0112. The highest BCUT2D eigenvalue weighted by Crippen LogP contribution is 2.29. The number of hydrogen-bond donors (Lipinski definition) is 2. The van der Waals surface area contributed by atoms with Gasteiger partial charge in [0, 0.05) is 12.7 Å². The summed E-state index contributed by atoms with van der Waals surface area (Å²) in [6.07, 6.45) is 6.33.